The van der Waals surface area contributed by atoms with E-state index in [1.165, 1.54) is 12.2 Å². The first-order valence-corrected chi connectivity index (χ1v) is 4.17. The Morgan fingerprint density at radius 3 is 2.25 bits per heavy atom. The van der Waals surface area contributed by atoms with Gasteiger partial charge in [-0.3, -0.25) is 0 Å². The Balaban J connectivity index is 0.00000121. The SMILES string of the molecule is CC(C)C[NH2+]c1ccccc1.[Cl-]. The third-order valence-corrected chi connectivity index (χ3v) is 1.62. The van der Waals surface area contributed by atoms with Crippen LogP contribution in [0.1, 0.15) is 13.8 Å². The third kappa shape index (κ3) is 4.37. The second kappa shape index (κ2) is 6.04. The van der Waals surface area contributed by atoms with Gasteiger partial charge in [0.05, 0.1) is 6.54 Å². The highest BCUT2D eigenvalue weighted by Gasteiger charge is 1.97. The van der Waals surface area contributed by atoms with Crippen LogP contribution in [-0.2, 0) is 0 Å². The normalized spacial score (nSPS) is 9.58. The van der Waals surface area contributed by atoms with Gasteiger partial charge in [0.15, 0.2) is 0 Å². The molecule has 0 fully saturated rings. The second-order valence-electron chi connectivity index (χ2n) is 3.24. The largest absolute Gasteiger partial charge is 1.00 e. The summed E-state index contributed by atoms with van der Waals surface area (Å²) in [4.78, 5) is 0. The number of hydrogen-bond donors (Lipinski definition) is 1. The van der Waals surface area contributed by atoms with Crippen molar-refractivity contribution in [1.82, 2.24) is 0 Å². The van der Waals surface area contributed by atoms with Gasteiger partial charge < -0.3 is 17.7 Å². The van der Waals surface area contributed by atoms with Gasteiger partial charge in [0, 0.05) is 5.92 Å². The fourth-order valence-corrected chi connectivity index (χ4v) is 0.961. The van der Waals surface area contributed by atoms with Gasteiger partial charge in [0.2, 0.25) is 0 Å². The van der Waals surface area contributed by atoms with Gasteiger partial charge in [-0.05, 0) is 12.1 Å². The predicted octanol–water partition coefficient (Wildman–Crippen LogP) is -1.46. The molecule has 1 rings (SSSR count). The minimum Gasteiger partial charge on any atom is -1.00 e. The highest BCUT2D eigenvalue weighted by Crippen LogP contribution is 1.96. The summed E-state index contributed by atoms with van der Waals surface area (Å²) >= 11 is 0. The van der Waals surface area contributed by atoms with E-state index in [-0.39, 0.29) is 12.4 Å². The molecule has 0 radical (unpaired) electrons. The molecule has 0 amide bonds. The maximum atomic E-state index is 2.28. The summed E-state index contributed by atoms with van der Waals surface area (Å²) in [7, 11) is 0. The molecule has 0 aliphatic rings. The van der Waals surface area contributed by atoms with Crippen LogP contribution < -0.4 is 17.7 Å². The summed E-state index contributed by atoms with van der Waals surface area (Å²) < 4.78 is 0. The van der Waals surface area contributed by atoms with E-state index in [1.807, 2.05) is 6.07 Å². The van der Waals surface area contributed by atoms with E-state index in [0.717, 1.165) is 5.92 Å². The Labute approximate surface area is 80.6 Å². The standard InChI is InChI=1S/C10H15N.ClH/c1-9(2)8-11-10-6-4-3-5-7-10;/h3-7,9,11H,8H2,1-2H3;1H. The summed E-state index contributed by atoms with van der Waals surface area (Å²) in [5.74, 6) is 0.759. The maximum Gasteiger partial charge on any atom is 0.129 e. The van der Waals surface area contributed by atoms with Crippen LogP contribution in [0.25, 0.3) is 0 Å². The minimum absolute atomic E-state index is 0. The lowest BCUT2D eigenvalue weighted by Crippen LogP contribution is -3.00. The molecule has 0 unspecified atom stereocenters. The van der Waals surface area contributed by atoms with Crippen LogP contribution in [0.3, 0.4) is 0 Å². The van der Waals surface area contributed by atoms with Crippen LogP contribution >= 0.6 is 0 Å². The molecule has 2 heteroatoms. The molecule has 68 valence electrons. The van der Waals surface area contributed by atoms with Crippen LogP contribution in [0.15, 0.2) is 30.3 Å². The van der Waals surface area contributed by atoms with E-state index >= 15 is 0 Å². The lowest BCUT2D eigenvalue weighted by atomic mass is 10.2. The van der Waals surface area contributed by atoms with E-state index < -0.39 is 0 Å². The van der Waals surface area contributed by atoms with Crippen LogP contribution in [0.2, 0.25) is 0 Å². The van der Waals surface area contributed by atoms with Gasteiger partial charge >= 0.3 is 0 Å². The van der Waals surface area contributed by atoms with Crippen LogP contribution in [0, 0.1) is 5.92 Å². The Morgan fingerprint density at radius 1 is 1.17 bits per heavy atom. The Morgan fingerprint density at radius 2 is 1.75 bits per heavy atom. The molecule has 0 aromatic heterocycles. The smallest absolute Gasteiger partial charge is 0.129 e. The summed E-state index contributed by atoms with van der Waals surface area (Å²) in [6.07, 6.45) is 0. The molecule has 0 saturated carbocycles. The van der Waals surface area contributed by atoms with E-state index in [0.29, 0.717) is 0 Å². The number of halogens is 1. The number of rotatable bonds is 3. The lowest BCUT2D eigenvalue weighted by Gasteiger charge is -2.02. The quantitative estimate of drug-likeness (QED) is 0.555. The van der Waals surface area contributed by atoms with E-state index in [9.17, 15) is 0 Å². The lowest BCUT2D eigenvalue weighted by molar-refractivity contribution is -0.577. The molecule has 0 atom stereocenters. The first kappa shape index (κ1) is 11.5. The fourth-order valence-electron chi connectivity index (χ4n) is 0.961. The molecule has 0 aliphatic carbocycles. The van der Waals surface area contributed by atoms with Crippen molar-refractivity contribution in [2.75, 3.05) is 6.54 Å². The summed E-state index contributed by atoms with van der Waals surface area (Å²) in [6, 6.07) is 10.5. The second-order valence-corrected chi connectivity index (χ2v) is 3.24. The first-order valence-electron chi connectivity index (χ1n) is 4.17. The molecule has 12 heavy (non-hydrogen) atoms. The monoisotopic (exact) mass is 185 g/mol. The van der Waals surface area contributed by atoms with Gasteiger partial charge in [-0.15, -0.1) is 0 Å². The molecular weight excluding hydrogens is 170 g/mol. The number of nitrogens with two attached hydrogens (primary N) is 1. The van der Waals surface area contributed by atoms with Crippen LogP contribution in [-0.4, -0.2) is 6.54 Å². The van der Waals surface area contributed by atoms with E-state index in [4.69, 9.17) is 0 Å². The van der Waals surface area contributed by atoms with Crippen molar-refractivity contribution in [3.05, 3.63) is 30.3 Å². The molecule has 1 aromatic carbocycles. The van der Waals surface area contributed by atoms with Crippen LogP contribution in [0.5, 0.6) is 0 Å². The van der Waals surface area contributed by atoms with Crippen molar-refractivity contribution in [1.29, 1.82) is 0 Å². The van der Waals surface area contributed by atoms with Crippen molar-refractivity contribution >= 4 is 5.69 Å². The van der Waals surface area contributed by atoms with Crippen molar-refractivity contribution in [3.8, 4) is 0 Å². The minimum atomic E-state index is 0. The number of hydrogen-bond acceptors (Lipinski definition) is 0. The topological polar surface area (TPSA) is 16.6 Å². The molecule has 1 nitrogen and oxygen atoms in total. The van der Waals surface area contributed by atoms with Gasteiger partial charge in [-0.2, -0.15) is 0 Å². The average molecular weight is 186 g/mol. The predicted molar refractivity (Wildman–Crippen MR) is 47.7 cm³/mol. The molecular formula is C10H16ClN. The maximum absolute atomic E-state index is 2.28. The zero-order valence-corrected chi connectivity index (χ0v) is 8.38. The Kier molecular flexibility index (Phi) is 5.77. The van der Waals surface area contributed by atoms with E-state index in [1.54, 1.807) is 0 Å². The fraction of sp³-hybridized carbons (Fsp3) is 0.400. The Bertz CT molecular complexity index is 196. The highest BCUT2D eigenvalue weighted by atomic mass is 35.5. The number of benzene rings is 1. The molecule has 0 aliphatic heterocycles. The van der Waals surface area contributed by atoms with Gasteiger partial charge in [-0.1, -0.05) is 32.0 Å². The summed E-state index contributed by atoms with van der Waals surface area (Å²) in [6.45, 7) is 5.64. The summed E-state index contributed by atoms with van der Waals surface area (Å²) in [5.41, 5.74) is 1.33. The third-order valence-electron chi connectivity index (χ3n) is 1.62. The zero-order chi connectivity index (χ0) is 8.10. The van der Waals surface area contributed by atoms with Crippen molar-refractivity contribution < 1.29 is 17.7 Å². The number of para-hydroxylation sites is 1. The molecule has 1 aromatic rings. The Hall–Kier alpha value is -0.530. The molecule has 0 saturated heterocycles. The average Bonchev–Trinajstić information content (AvgIpc) is 2.03. The highest BCUT2D eigenvalue weighted by molar-refractivity contribution is 5.26. The van der Waals surface area contributed by atoms with Gasteiger partial charge in [0.25, 0.3) is 0 Å². The molecule has 0 heterocycles. The molecule has 2 N–H and O–H groups in total. The van der Waals surface area contributed by atoms with Crippen LogP contribution in [0.4, 0.5) is 5.69 Å². The summed E-state index contributed by atoms with van der Waals surface area (Å²) in [5, 5.41) is 2.28. The van der Waals surface area contributed by atoms with Crippen molar-refractivity contribution in [2.24, 2.45) is 5.92 Å². The first-order chi connectivity index (χ1) is 5.29. The molecule has 0 bridgehead atoms. The van der Waals surface area contributed by atoms with E-state index in [2.05, 4.69) is 43.4 Å². The van der Waals surface area contributed by atoms with Gasteiger partial charge in [0.1, 0.15) is 5.69 Å². The molecule has 0 spiro atoms. The van der Waals surface area contributed by atoms with Gasteiger partial charge in [-0.25, -0.2) is 0 Å². The van der Waals surface area contributed by atoms with Crippen molar-refractivity contribution in [3.63, 3.8) is 0 Å². The number of quaternary nitrogens is 1. The zero-order valence-electron chi connectivity index (χ0n) is 7.63. The van der Waals surface area contributed by atoms with Crippen molar-refractivity contribution in [2.45, 2.75) is 13.8 Å².